The van der Waals surface area contributed by atoms with Crippen LogP contribution in [0.5, 0.6) is 0 Å². The lowest BCUT2D eigenvalue weighted by molar-refractivity contribution is -0.136. The van der Waals surface area contributed by atoms with E-state index in [4.69, 9.17) is 0 Å². The van der Waals surface area contributed by atoms with E-state index in [0.29, 0.717) is 35.2 Å². The largest absolute Gasteiger partial charge is 0.390 e. The van der Waals surface area contributed by atoms with Gasteiger partial charge in [-0.1, -0.05) is 0 Å². The third-order valence-electron chi connectivity index (χ3n) is 6.79. The van der Waals surface area contributed by atoms with Crippen molar-refractivity contribution in [3.63, 3.8) is 0 Å². The standard InChI is InChI=1S/C19H26N4O2/c1-20-18-21-9-14(16(23-18)11-2-3-11)17(24)22-15-12-4-10-5-13(15)8-19(25,6-10)7-12/h9-13,15,25H,2-8H2,1H3,(H,22,24)(H,20,21,23)/t10?,12?,13?,15-,19+. The minimum absolute atomic E-state index is 0.0333. The van der Waals surface area contributed by atoms with Crippen molar-refractivity contribution >= 4 is 11.9 Å². The number of hydrogen-bond donors (Lipinski definition) is 3. The molecular weight excluding hydrogens is 316 g/mol. The molecule has 25 heavy (non-hydrogen) atoms. The van der Waals surface area contributed by atoms with E-state index >= 15 is 0 Å². The van der Waals surface area contributed by atoms with E-state index < -0.39 is 5.60 Å². The first-order chi connectivity index (χ1) is 12.0. The Balaban J connectivity index is 1.38. The normalized spacial score (nSPS) is 38.6. The zero-order chi connectivity index (χ0) is 17.2. The van der Waals surface area contributed by atoms with E-state index in [-0.39, 0.29) is 11.9 Å². The molecule has 2 atom stereocenters. The second-order valence-corrected chi connectivity index (χ2v) is 8.71. The summed E-state index contributed by atoms with van der Waals surface area (Å²) in [6.45, 7) is 0. The second kappa shape index (κ2) is 5.40. The Bertz CT molecular complexity index is 701. The Labute approximate surface area is 147 Å². The zero-order valence-electron chi connectivity index (χ0n) is 14.7. The highest BCUT2D eigenvalue weighted by Crippen LogP contribution is 2.55. The number of amides is 1. The van der Waals surface area contributed by atoms with Gasteiger partial charge in [-0.05, 0) is 62.7 Å². The van der Waals surface area contributed by atoms with Crippen molar-refractivity contribution in [1.29, 1.82) is 0 Å². The van der Waals surface area contributed by atoms with E-state index in [2.05, 4.69) is 20.6 Å². The van der Waals surface area contributed by atoms with Crippen molar-refractivity contribution in [3.8, 4) is 0 Å². The van der Waals surface area contributed by atoms with Gasteiger partial charge in [0, 0.05) is 25.2 Å². The first-order valence-electron chi connectivity index (χ1n) is 9.62. The van der Waals surface area contributed by atoms with Gasteiger partial charge in [0.15, 0.2) is 0 Å². The van der Waals surface area contributed by atoms with Gasteiger partial charge in [-0.25, -0.2) is 9.97 Å². The third kappa shape index (κ3) is 2.62. The summed E-state index contributed by atoms with van der Waals surface area (Å²) in [5, 5.41) is 17.0. The molecule has 3 N–H and O–H groups in total. The molecule has 6 heteroatoms. The van der Waals surface area contributed by atoms with Crippen molar-refractivity contribution < 1.29 is 9.90 Å². The number of carbonyl (C=O) groups excluding carboxylic acids is 1. The van der Waals surface area contributed by atoms with Crippen molar-refractivity contribution in [3.05, 3.63) is 17.5 Å². The molecule has 6 rings (SSSR count). The Morgan fingerprint density at radius 3 is 2.56 bits per heavy atom. The van der Waals surface area contributed by atoms with Gasteiger partial charge in [0.2, 0.25) is 5.95 Å². The molecule has 1 heterocycles. The fraction of sp³-hybridized carbons (Fsp3) is 0.737. The predicted molar refractivity (Wildman–Crippen MR) is 93.3 cm³/mol. The molecule has 0 aromatic carbocycles. The Morgan fingerprint density at radius 2 is 1.96 bits per heavy atom. The first-order valence-corrected chi connectivity index (χ1v) is 9.62. The van der Waals surface area contributed by atoms with Crippen LogP contribution in [0.15, 0.2) is 6.20 Å². The number of aromatic nitrogens is 2. The Morgan fingerprint density at radius 1 is 1.24 bits per heavy atom. The van der Waals surface area contributed by atoms with Crippen LogP contribution >= 0.6 is 0 Å². The minimum Gasteiger partial charge on any atom is -0.390 e. The van der Waals surface area contributed by atoms with E-state index in [1.165, 1.54) is 0 Å². The molecule has 6 nitrogen and oxygen atoms in total. The summed E-state index contributed by atoms with van der Waals surface area (Å²) in [6, 6.07) is 0.195. The van der Waals surface area contributed by atoms with Crippen LogP contribution in [0.1, 0.15) is 66.9 Å². The lowest BCUT2D eigenvalue weighted by Crippen LogP contribution is -2.61. The molecule has 0 aliphatic heterocycles. The van der Waals surface area contributed by atoms with Crippen molar-refractivity contribution in [2.24, 2.45) is 17.8 Å². The minimum atomic E-state index is -0.464. The molecule has 2 unspecified atom stereocenters. The lowest BCUT2D eigenvalue weighted by atomic mass is 9.52. The van der Waals surface area contributed by atoms with Crippen molar-refractivity contribution in [2.75, 3.05) is 12.4 Å². The monoisotopic (exact) mass is 342 g/mol. The number of anilines is 1. The number of aliphatic hydroxyl groups is 1. The molecule has 0 saturated heterocycles. The SMILES string of the molecule is CNc1ncc(C(=O)N[C@H]2C3CC4CC2C[C@@](O)(C4)C3)c(C2CC2)n1. The number of hydrogen-bond acceptors (Lipinski definition) is 5. The molecule has 1 aromatic heterocycles. The van der Waals surface area contributed by atoms with Gasteiger partial charge in [0.05, 0.1) is 16.9 Å². The van der Waals surface area contributed by atoms with Gasteiger partial charge in [-0.2, -0.15) is 0 Å². The van der Waals surface area contributed by atoms with Gasteiger partial charge >= 0.3 is 0 Å². The summed E-state index contributed by atoms with van der Waals surface area (Å²) in [7, 11) is 1.80. The highest BCUT2D eigenvalue weighted by atomic mass is 16.3. The first kappa shape index (κ1) is 15.6. The molecule has 4 bridgehead atoms. The Kier molecular flexibility index (Phi) is 3.36. The number of nitrogens with zero attached hydrogens (tertiary/aromatic N) is 2. The van der Waals surface area contributed by atoms with Gasteiger partial charge < -0.3 is 15.7 Å². The van der Waals surface area contributed by atoms with Gasteiger partial charge in [-0.3, -0.25) is 4.79 Å². The van der Waals surface area contributed by atoms with Crippen LogP contribution in [-0.2, 0) is 0 Å². The molecular formula is C19H26N4O2. The molecule has 134 valence electrons. The Hall–Kier alpha value is -1.69. The van der Waals surface area contributed by atoms with Crippen LogP contribution in [-0.4, -0.2) is 39.7 Å². The molecule has 0 spiro atoms. The molecule has 5 saturated carbocycles. The summed E-state index contributed by atoms with van der Waals surface area (Å²) in [5.41, 5.74) is 1.06. The van der Waals surface area contributed by atoms with Crippen molar-refractivity contribution in [2.45, 2.75) is 62.5 Å². The van der Waals surface area contributed by atoms with Crippen LogP contribution < -0.4 is 10.6 Å². The van der Waals surface area contributed by atoms with Gasteiger partial charge in [0.1, 0.15) is 0 Å². The predicted octanol–water partition coefficient (Wildman–Crippen LogP) is 2.07. The topological polar surface area (TPSA) is 87.1 Å². The molecule has 1 aromatic rings. The quantitative estimate of drug-likeness (QED) is 0.780. The molecule has 5 aliphatic carbocycles. The lowest BCUT2D eigenvalue weighted by Gasteiger charge is -2.58. The van der Waals surface area contributed by atoms with Crippen LogP contribution in [0, 0.1) is 17.8 Å². The van der Waals surface area contributed by atoms with Crippen LogP contribution in [0.25, 0.3) is 0 Å². The van der Waals surface area contributed by atoms with E-state index in [0.717, 1.165) is 50.6 Å². The average molecular weight is 342 g/mol. The van der Waals surface area contributed by atoms with Crippen LogP contribution in [0.3, 0.4) is 0 Å². The van der Waals surface area contributed by atoms with E-state index in [1.807, 2.05) is 0 Å². The summed E-state index contributed by atoms with van der Waals surface area (Å²) in [6.07, 6.45) is 8.82. The summed E-state index contributed by atoms with van der Waals surface area (Å²) in [4.78, 5) is 21.8. The summed E-state index contributed by atoms with van der Waals surface area (Å²) >= 11 is 0. The fourth-order valence-corrected chi connectivity index (χ4v) is 5.80. The van der Waals surface area contributed by atoms with Gasteiger partial charge in [0.25, 0.3) is 5.91 Å². The zero-order valence-corrected chi connectivity index (χ0v) is 14.7. The third-order valence-corrected chi connectivity index (χ3v) is 6.79. The smallest absolute Gasteiger partial charge is 0.254 e. The number of carbonyl (C=O) groups is 1. The average Bonchev–Trinajstić information content (AvgIpc) is 3.41. The number of nitrogens with one attached hydrogen (secondary N) is 2. The molecule has 5 fully saturated rings. The molecule has 1 amide bonds. The summed E-state index contributed by atoms with van der Waals surface area (Å²) < 4.78 is 0. The highest BCUT2D eigenvalue weighted by molar-refractivity contribution is 5.95. The maximum atomic E-state index is 13.0. The molecule has 5 aliphatic rings. The maximum absolute atomic E-state index is 13.0. The van der Waals surface area contributed by atoms with Crippen molar-refractivity contribution in [1.82, 2.24) is 15.3 Å². The maximum Gasteiger partial charge on any atom is 0.254 e. The van der Waals surface area contributed by atoms with Crippen LogP contribution in [0.2, 0.25) is 0 Å². The van der Waals surface area contributed by atoms with E-state index in [1.54, 1.807) is 13.2 Å². The number of rotatable bonds is 4. The highest BCUT2D eigenvalue weighted by Gasteiger charge is 2.55. The fourth-order valence-electron chi connectivity index (χ4n) is 5.80. The van der Waals surface area contributed by atoms with Gasteiger partial charge in [-0.15, -0.1) is 0 Å². The molecule has 0 radical (unpaired) electrons. The van der Waals surface area contributed by atoms with E-state index in [9.17, 15) is 9.90 Å². The second-order valence-electron chi connectivity index (χ2n) is 8.71. The summed E-state index contributed by atoms with van der Waals surface area (Å²) in [5.74, 6) is 2.43. The van der Waals surface area contributed by atoms with Crippen LogP contribution in [0.4, 0.5) is 5.95 Å².